The molecule has 1 unspecified atom stereocenters. The van der Waals surface area contributed by atoms with Crippen LogP contribution in [-0.4, -0.2) is 17.9 Å². The summed E-state index contributed by atoms with van der Waals surface area (Å²) in [6, 6.07) is 14.7. The lowest BCUT2D eigenvalue weighted by atomic mass is 10.1. The van der Waals surface area contributed by atoms with Crippen molar-refractivity contribution in [3.63, 3.8) is 0 Å². The van der Waals surface area contributed by atoms with Crippen molar-refractivity contribution in [2.75, 3.05) is 7.05 Å². The minimum Gasteiger partial charge on any atom is -0.466 e. The average molecular weight is 268 g/mol. The van der Waals surface area contributed by atoms with Crippen molar-refractivity contribution in [2.24, 2.45) is 0 Å². The molecule has 0 aliphatic carbocycles. The van der Waals surface area contributed by atoms with Crippen LogP contribution in [0.5, 0.6) is 0 Å². The van der Waals surface area contributed by atoms with Gasteiger partial charge in [0.05, 0.1) is 12.3 Å². The molecule has 0 fully saturated rings. The molecule has 2 aromatic rings. The molecule has 1 aromatic carbocycles. The lowest BCUT2D eigenvalue weighted by molar-refractivity contribution is -0.131. The largest absolute Gasteiger partial charge is 0.466 e. The summed E-state index contributed by atoms with van der Waals surface area (Å²) >= 11 is 0. The molecule has 0 radical (unpaired) electrons. The highest BCUT2D eigenvalue weighted by Crippen LogP contribution is 2.20. The summed E-state index contributed by atoms with van der Waals surface area (Å²) in [7, 11) is 1.63. The first-order valence-corrected chi connectivity index (χ1v) is 6.45. The number of carbonyl (C=O) groups excluding carboxylic acids is 1. The zero-order valence-corrected chi connectivity index (χ0v) is 11.3. The highest BCUT2D eigenvalue weighted by Gasteiger charge is 2.23. The van der Waals surface area contributed by atoms with Gasteiger partial charge in [0, 0.05) is 13.5 Å². The van der Waals surface area contributed by atoms with E-state index >= 15 is 0 Å². The summed E-state index contributed by atoms with van der Waals surface area (Å²) in [5, 5.41) is 9.20. The van der Waals surface area contributed by atoms with Crippen molar-refractivity contribution < 1.29 is 9.21 Å². The maximum atomic E-state index is 12.1. The molecule has 1 amide bonds. The van der Waals surface area contributed by atoms with Gasteiger partial charge in [-0.1, -0.05) is 30.3 Å². The first-order valence-electron chi connectivity index (χ1n) is 6.45. The summed E-state index contributed by atoms with van der Waals surface area (Å²) in [5.41, 5.74) is 1.11. The van der Waals surface area contributed by atoms with E-state index in [9.17, 15) is 10.1 Å². The highest BCUT2D eigenvalue weighted by molar-refractivity contribution is 5.77. The van der Waals surface area contributed by atoms with Gasteiger partial charge in [0.25, 0.3) is 0 Å². The van der Waals surface area contributed by atoms with Gasteiger partial charge >= 0.3 is 0 Å². The first-order chi connectivity index (χ1) is 9.72. The first kappa shape index (κ1) is 13.9. The number of hydrogen-bond donors (Lipinski definition) is 0. The third kappa shape index (κ3) is 3.27. The Labute approximate surface area is 118 Å². The van der Waals surface area contributed by atoms with Crippen LogP contribution < -0.4 is 0 Å². The van der Waals surface area contributed by atoms with Crippen LogP contribution in [0.4, 0.5) is 0 Å². The number of rotatable bonds is 5. The van der Waals surface area contributed by atoms with E-state index in [4.69, 9.17) is 4.42 Å². The average Bonchev–Trinajstić information content (AvgIpc) is 3.00. The number of amides is 1. The highest BCUT2D eigenvalue weighted by atomic mass is 16.3. The molecule has 0 bridgehead atoms. The summed E-state index contributed by atoms with van der Waals surface area (Å²) in [6.45, 7) is 0. The second-order valence-corrected chi connectivity index (χ2v) is 4.54. The minimum absolute atomic E-state index is 0.0724. The van der Waals surface area contributed by atoms with Crippen LogP contribution in [0.3, 0.4) is 0 Å². The Hall–Kier alpha value is -2.54. The van der Waals surface area contributed by atoms with Gasteiger partial charge < -0.3 is 9.32 Å². The van der Waals surface area contributed by atoms with Crippen LogP contribution in [0.15, 0.2) is 53.1 Å². The number of nitrogens with zero attached hydrogens (tertiary/aromatic N) is 2. The lowest BCUT2D eigenvalue weighted by Crippen LogP contribution is -2.30. The van der Waals surface area contributed by atoms with Crippen molar-refractivity contribution in [1.82, 2.24) is 4.90 Å². The van der Waals surface area contributed by atoms with E-state index in [-0.39, 0.29) is 5.91 Å². The topological polar surface area (TPSA) is 57.2 Å². The molecule has 2 rings (SSSR count). The molecule has 1 atom stereocenters. The van der Waals surface area contributed by atoms with Gasteiger partial charge in [-0.2, -0.15) is 5.26 Å². The third-order valence-electron chi connectivity index (χ3n) is 3.19. The lowest BCUT2D eigenvalue weighted by Gasteiger charge is -2.21. The molecule has 20 heavy (non-hydrogen) atoms. The monoisotopic (exact) mass is 268 g/mol. The van der Waals surface area contributed by atoms with E-state index in [1.54, 1.807) is 19.2 Å². The number of benzene rings is 1. The van der Waals surface area contributed by atoms with Crippen molar-refractivity contribution in [3.05, 3.63) is 60.1 Å². The molecule has 0 saturated carbocycles. The van der Waals surface area contributed by atoms with E-state index in [2.05, 4.69) is 6.07 Å². The van der Waals surface area contributed by atoms with Gasteiger partial charge in [0.1, 0.15) is 5.76 Å². The second kappa shape index (κ2) is 6.58. The van der Waals surface area contributed by atoms with Gasteiger partial charge in [-0.05, 0) is 24.1 Å². The van der Waals surface area contributed by atoms with Crippen LogP contribution in [0, 0.1) is 11.3 Å². The number of aryl methyl sites for hydroxylation is 1. The SMILES string of the molecule is CN(C(=O)CCc1ccccc1)C(C#N)c1ccco1. The summed E-state index contributed by atoms with van der Waals surface area (Å²) in [5.74, 6) is 0.417. The van der Waals surface area contributed by atoms with Gasteiger partial charge in [-0.3, -0.25) is 4.79 Å². The van der Waals surface area contributed by atoms with Crippen LogP contribution in [0.2, 0.25) is 0 Å². The fourth-order valence-electron chi connectivity index (χ4n) is 2.00. The van der Waals surface area contributed by atoms with Crippen LogP contribution >= 0.6 is 0 Å². The van der Waals surface area contributed by atoms with Gasteiger partial charge in [0.2, 0.25) is 5.91 Å². The standard InChI is InChI=1S/C16H16N2O2/c1-18(14(12-17)15-8-5-11-20-15)16(19)10-9-13-6-3-2-4-7-13/h2-8,11,14H,9-10H2,1H3. The van der Waals surface area contributed by atoms with Gasteiger partial charge in [-0.15, -0.1) is 0 Å². The van der Waals surface area contributed by atoms with E-state index in [0.717, 1.165) is 5.56 Å². The Morgan fingerprint density at radius 3 is 2.65 bits per heavy atom. The molecule has 1 heterocycles. The van der Waals surface area contributed by atoms with Crippen molar-refractivity contribution in [3.8, 4) is 6.07 Å². The summed E-state index contributed by atoms with van der Waals surface area (Å²) in [6.07, 6.45) is 2.54. The molecular weight excluding hydrogens is 252 g/mol. The van der Waals surface area contributed by atoms with Gasteiger partial charge in [-0.25, -0.2) is 0 Å². The van der Waals surface area contributed by atoms with Crippen LogP contribution in [0.1, 0.15) is 23.8 Å². The maximum Gasteiger partial charge on any atom is 0.224 e. The molecule has 0 N–H and O–H groups in total. The number of hydrogen-bond acceptors (Lipinski definition) is 3. The van der Waals surface area contributed by atoms with E-state index in [1.807, 2.05) is 30.3 Å². The quantitative estimate of drug-likeness (QED) is 0.837. The molecular formula is C16H16N2O2. The Balaban J connectivity index is 1.96. The smallest absolute Gasteiger partial charge is 0.224 e. The zero-order valence-electron chi connectivity index (χ0n) is 11.3. The Kier molecular flexibility index (Phi) is 4.56. The van der Waals surface area contributed by atoms with Crippen molar-refractivity contribution in [1.29, 1.82) is 5.26 Å². The zero-order chi connectivity index (χ0) is 14.4. The predicted octanol–water partition coefficient (Wildman–Crippen LogP) is 2.94. The molecule has 0 saturated heterocycles. The van der Waals surface area contributed by atoms with E-state index in [0.29, 0.717) is 18.6 Å². The fraction of sp³-hybridized carbons (Fsp3) is 0.250. The molecule has 0 aliphatic heterocycles. The second-order valence-electron chi connectivity index (χ2n) is 4.54. The maximum absolute atomic E-state index is 12.1. The Morgan fingerprint density at radius 2 is 2.05 bits per heavy atom. The Bertz CT molecular complexity index is 585. The molecule has 0 spiro atoms. The normalized spacial score (nSPS) is 11.6. The summed E-state index contributed by atoms with van der Waals surface area (Å²) < 4.78 is 5.20. The summed E-state index contributed by atoms with van der Waals surface area (Å²) in [4.78, 5) is 13.6. The van der Waals surface area contributed by atoms with Crippen molar-refractivity contribution >= 4 is 5.91 Å². The fourth-order valence-corrected chi connectivity index (χ4v) is 2.00. The van der Waals surface area contributed by atoms with Crippen molar-refractivity contribution in [2.45, 2.75) is 18.9 Å². The number of furan rings is 1. The van der Waals surface area contributed by atoms with E-state index < -0.39 is 6.04 Å². The predicted molar refractivity (Wildman–Crippen MR) is 74.6 cm³/mol. The van der Waals surface area contributed by atoms with E-state index in [1.165, 1.54) is 11.2 Å². The number of carbonyl (C=O) groups is 1. The van der Waals surface area contributed by atoms with Crippen LogP contribution in [-0.2, 0) is 11.2 Å². The Morgan fingerprint density at radius 1 is 1.30 bits per heavy atom. The minimum atomic E-state index is -0.673. The third-order valence-corrected chi connectivity index (χ3v) is 3.19. The molecule has 0 aliphatic rings. The molecule has 4 nitrogen and oxygen atoms in total. The van der Waals surface area contributed by atoms with Crippen LogP contribution in [0.25, 0.3) is 0 Å². The van der Waals surface area contributed by atoms with Gasteiger partial charge in [0.15, 0.2) is 6.04 Å². The molecule has 102 valence electrons. The molecule has 4 heteroatoms. The number of nitriles is 1. The molecule has 1 aromatic heterocycles.